The normalized spacial score (nSPS) is 23.2. The predicted octanol–water partition coefficient (Wildman–Crippen LogP) is 1.46. The number of aromatic nitrogens is 2. The summed E-state index contributed by atoms with van der Waals surface area (Å²) in [6, 6.07) is 0.394. The van der Waals surface area contributed by atoms with Gasteiger partial charge in [0, 0.05) is 43.4 Å². The third-order valence-electron chi connectivity index (χ3n) is 4.37. The van der Waals surface area contributed by atoms with Crippen molar-refractivity contribution in [1.82, 2.24) is 20.4 Å². The van der Waals surface area contributed by atoms with Crippen LogP contribution in [-0.4, -0.2) is 40.1 Å². The number of likely N-dealkylation sites (tertiary alicyclic amines) is 1. The number of hydrogen-bond donors (Lipinski definition) is 2. The van der Waals surface area contributed by atoms with Crippen molar-refractivity contribution in [3.05, 3.63) is 17.0 Å². The predicted molar refractivity (Wildman–Crippen MR) is 73.0 cm³/mol. The molecule has 1 amide bonds. The van der Waals surface area contributed by atoms with Crippen molar-refractivity contribution in [3.63, 3.8) is 0 Å². The molecule has 0 bridgehead atoms. The van der Waals surface area contributed by atoms with Gasteiger partial charge in [0.2, 0.25) is 0 Å². The van der Waals surface area contributed by atoms with Gasteiger partial charge in [0.1, 0.15) is 0 Å². The number of nitrogens with zero attached hydrogens (tertiary/aromatic N) is 2. The molecule has 5 heteroatoms. The molecule has 0 spiro atoms. The van der Waals surface area contributed by atoms with E-state index < -0.39 is 0 Å². The molecule has 5 nitrogen and oxygen atoms in total. The van der Waals surface area contributed by atoms with E-state index >= 15 is 0 Å². The highest BCUT2D eigenvalue weighted by Gasteiger charge is 2.30. The van der Waals surface area contributed by atoms with Gasteiger partial charge in [-0.05, 0) is 25.7 Å². The lowest BCUT2D eigenvalue weighted by atomic mass is 9.98. The van der Waals surface area contributed by atoms with E-state index in [-0.39, 0.29) is 5.91 Å². The summed E-state index contributed by atoms with van der Waals surface area (Å²) in [5.74, 6) is 0.118. The SMILES string of the molecule is CC[C@H]1CCCCN1C(=O)c1n[nH]c2c1CNCC2. The number of hydrogen-bond acceptors (Lipinski definition) is 3. The average Bonchev–Trinajstić information content (AvgIpc) is 2.90. The molecule has 0 radical (unpaired) electrons. The molecule has 1 aromatic rings. The van der Waals surface area contributed by atoms with Crippen LogP contribution in [0.2, 0.25) is 0 Å². The summed E-state index contributed by atoms with van der Waals surface area (Å²) in [6.45, 7) is 4.77. The monoisotopic (exact) mass is 262 g/mol. The van der Waals surface area contributed by atoms with Crippen LogP contribution in [0.1, 0.15) is 54.4 Å². The molecule has 0 aliphatic carbocycles. The Morgan fingerprint density at radius 2 is 2.37 bits per heavy atom. The maximum Gasteiger partial charge on any atom is 0.274 e. The maximum atomic E-state index is 12.7. The second kappa shape index (κ2) is 5.33. The van der Waals surface area contributed by atoms with E-state index in [4.69, 9.17) is 0 Å². The number of piperidine rings is 1. The Bertz CT molecular complexity index is 468. The first-order valence-corrected chi connectivity index (χ1v) is 7.39. The van der Waals surface area contributed by atoms with Crippen molar-refractivity contribution in [2.75, 3.05) is 13.1 Å². The van der Waals surface area contributed by atoms with Gasteiger partial charge < -0.3 is 10.2 Å². The van der Waals surface area contributed by atoms with Gasteiger partial charge >= 0.3 is 0 Å². The number of aromatic amines is 1. The molecule has 2 N–H and O–H groups in total. The van der Waals surface area contributed by atoms with E-state index in [2.05, 4.69) is 22.4 Å². The van der Waals surface area contributed by atoms with Crippen molar-refractivity contribution < 1.29 is 4.79 Å². The van der Waals surface area contributed by atoms with Crippen molar-refractivity contribution in [1.29, 1.82) is 0 Å². The average molecular weight is 262 g/mol. The highest BCUT2D eigenvalue weighted by molar-refractivity contribution is 5.94. The van der Waals surface area contributed by atoms with Crippen LogP contribution >= 0.6 is 0 Å². The molecule has 104 valence electrons. The van der Waals surface area contributed by atoms with Gasteiger partial charge in [-0.25, -0.2) is 0 Å². The fourth-order valence-corrected chi connectivity index (χ4v) is 3.23. The summed E-state index contributed by atoms with van der Waals surface area (Å²) < 4.78 is 0. The quantitative estimate of drug-likeness (QED) is 0.848. The molecule has 1 aromatic heterocycles. The van der Waals surface area contributed by atoms with Crippen LogP contribution in [0, 0.1) is 0 Å². The Morgan fingerprint density at radius 1 is 1.47 bits per heavy atom. The third kappa shape index (κ3) is 2.27. The minimum atomic E-state index is 0.118. The molecule has 2 aliphatic rings. The summed E-state index contributed by atoms with van der Waals surface area (Å²) in [4.78, 5) is 14.8. The minimum Gasteiger partial charge on any atom is -0.334 e. The van der Waals surface area contributed by atoms with Crippen LogP contribution in [0.25, 0.3) is 0 Å². The lowest BCUT2D eigenvalue weighted by molar-refractivity contribution is 0.0600. The van der Waals surface area contributed by atoms with E-state index in [0.717, 1.165) is 56.6 Å². The van der Waals surface area contributed by atoms with Gasteiger partial charge in [-0.1, -0.05) is 6.92 Å². The van der Waals surface area contributed by atoms with Gasteiger partial charge in [0.05, 0.1) is 0 Å². The highest BCUT2D eigenvalue weighted by atomic mass is 16.2. The number of rotatable bonds is 2. The van der Waals surface area contributed by atoms with E-state index in [9.17, 15) is 4.79 Å². The molecule has 0 aromatic carbocycles. The van der Waals surface area contributed by atoms with Gasteiger partial charge in [0.25, 0.3) is 5.91 Å². The van der Waals surface area contributed by atoms with Crippen LogP contribution in [0.15, 0.2) is 0 Å². The van der Waals surface area contributed by atoms with Crippen LogP contribution in [0.5, 0.6) is 0 Å². The first kappa shape index (κ1) is 12.7. The molecule has 3 rings (SSSR count). The van der Waals surface area contributed by atoms with Crippen LogP contribution < -0.4 is 5.32 Å². The molecule has 0 saturated carbocycles. The lowest BCUT2D eigenvalue weighted by Crippen LogP contribution is -2.44. The van der Waals surface area contributed by atoms with Gasteiger partial charge in [-0.2, -0.15) is 5.10 Å². The molecule has 1 saturated heterocycles. The summed E-state index contributed by atoms with van der Waals surface area (Å²) in [5, 5.41) is 10.6. The van der Waals surface area contributed by atoms with Gasteiger partial charge in [0.15, 0.2) is 5.69 Å². The topological polar surface area (TPSA) is 61.0 Å². The van der Waals surface area contributed by atoms with E-state index in [1.54, 1.807) is 0 Å². The van der Waals surface area contributed by atoms with Crippen LogP contribution in [0.4, 0.5) is 0 Å². The molecule has 0 unspecified atom stereocenters. The first-order chi connectivity index (χ1) is 9.31. The molecule has 1 fully saturated rings. The van der Waals surface area contributed by atoms with Crippen molar-refractivity contribution >= 4 is 5.91 Å². The number of carbonyl (C=O) groups is 1. The molecular formula is C14H22N4O. The molecule has 19 heavy (non-hydrogen) atoms. The number of fused-ring (bicyclic) bond motifs is 1. The Morgan fingerprint density at radius 3 is 3.21 bits per heavy atom. The molecule has 2 aliphatic heterocycles. The summed E-state index contributed by atoms with van der Waals surface area (Å²) in [6.07, 6.45) is 5.46. The second-order valence-corrected chi connectivity index (χ2v) is 5.51. The highest BCUT2D eigenvalue weighted by Crippen LogP contribution is 2.24. The van der Waals surface area contributed by atoms with E-state index in [1.165, 1.54) is 6.42 Å². The van der Waals surface area contributed by atoms with E-state index in [1.807, 2.05) is 4.90 Å². The zero-order valence-corrected chi connectivity index (χ0v) is 11.5. The summed E-state index contributed by atoms with van der Waals surface area (Å²) in [7, 11) is 0. The molecule has 3 heterocycles. The summed E-state index contributed by atoms with van der Waals surface area (Å²) in [5.41, 5.74) is 2.85. The standard InChI is InChI=1S/C14H22N4O/c1-2-10-5-3-4-8-18(10)14(19)13-11-9-15-7-6-12(11)16-17-13/h10,15H,2-9H2,1H3,(H,16,17)/t10-/m0/s1. The number of H-pyrrole nitrogens is 1. The first-order valence-electron chi connectivity index (χ1n) is 7.39. The molecule has 1 atom stereocenters. The number of carbonyl (C=O) groups excluding carboxylic acids is 1. The van der Waals surface area contributed by atoms with Crippen molar-refractivity contribution in [2.45, 2.75) is 51.6 Å². The Labute approximate surface area is 113 Å². The fourth-order valence-electron chi connectivity index (χ4n) is 3.23. The van der Waals surface area contributed by atoms with E-state index in [0.29, 0.717) is 11.7 Å². The maximum absolute atomic E-state index is 12.7. The Balaban J connectivity index is 1.84. The van der Waals surface area contributed by atoms with Gasteiger partial charge in [-0.15, -0.1) is 0 Å². The Hall–Kier alpha value is -1.36. The van der Waals surface area contributed by atoms with Crippen molar-refractivity contribution in [3.8, 4) is 0 Å². The number of nitrogens with one attached hydrogen (secondary N) is 2. The summed E-state index contributed by atoms with van der Waals surface area (Å²) >= 11 is 0. The van der Waals surface area contributed by atoms with Crippen molar-refractivity contribution in [2.24, 2.45) is 0 Å². The molecular weight excluding hydrogens is 240 g/mol. The van der Waals surface area contributed by atoms with Crippen LogP contribution in [-0.2, 0) is 13.0 Å². The zero-order valence-electron chi connectivity index (χ0n) is 11.5. The fraction of sp³-hybridized carbons (Fsp3) is 0.714. The van der Waals surface area contributed by atoms with Crippen LogP contribution in [0.3, 0.4) is 0 Å². The lowest BCUT2D eigenvalue weighted by Gasteiger charge is -2.35. The third-order valence-corrected chi connectivity index (χ3v) is 4.37. The second-order valence-electron chi connectivity index (χ2n) is 5.51. The number of amides is 1. The van der Waals surface area contributed by atoms with Gasteiger partial charge in [-0.3, -0.25) is 9.89 Å². The largest absolute Gasteiger partial charge is 0.334 e. The zero-order chi connectivity index (χ0) is 13.2. The Kier molecular flexibility index (Phi) is 3.55. The minimum absolute atomic E-state index is 0.118. The smallest absolute Gasteiger partial charge is 0.274 e.